The van der Waals surface area contributed by atoms with Crippen molar-refractivity contribution < 1.29 is 9.53 Å². The average Bonchev–Trinajstić information content (AvgIpc) is 2.17. The minimum absolute atomic E-state index is 0.0679. The average molecular weight is 243 g/mol. The van der Waals surface area contributed by atoms with Crippen molar-refractivity contribution in [3.8, 4) is 5.75 Å². The van der Waals surface area contributed by atoms with Gasteiger partial charge in [-0.1, -0.05) is 28.1 Å². The number of Topliss-reactive ketones (excluding diaryl/α,β-unsaturated/α-hetero) is 1. The zero-order valence-electron chi connectivity index (χ0n) is 7.63. The summed E-state index contributed by atoms with van der Waals surface area (Å²) < 4.78 is 5.11. The minimum atomic E-state index is 0.0679. The van der Waals surface area contributed by atoms with Gasteiger partial charge in [0.05, 0.1) is 12.4 Å². The molecule has 0 radical (unpaired) electrons. The molecule has 3 heteroatoms. The lowest BCUT2D eigenvalue weighted by molar-refractivity contribution is 0.102. The van der Waals surface area contributed by atoms with Crippen LogP contribution in [0.2, 0.25) is 0 Å². The molecule has 0 aromatic heterocycles. The summed E-state index contributed by atoms with van der Waals surface area (Å²) in [5.41, 5.74) is 1.72. The Balaban J connectivity index is 3.06. The van der Waals surface area contributed by atoms with Crippen LogP contribution in [0.25, 0.3) is 0 Å². The second-order valence-electron chi connectivity index (χ2n) is 2.74. The van der Waals surface area contributed by atoms with Crippen molar-refractivity contribution in [2.24, 2.45) is 0 Å². The van der Waals surface area contributed by atoms with Crippen LogP contribution in [-0.4, -0.2) is 18.2 Å². The summed E-state index contributed by atoms with van der Waals surface area (Å²) in [6.07, 6.45) is 0. The molecule has 0 N–H and O–H groups in total. The van der Waals surface area contributed by atoms with E-state index in [-0.39, 0.29) is 5.78 Å². The molecular weight excluding hydrogens is 232 g/mol. The molecule has 0 unspecified atom stereocenters. The monoisotopic (exact) mass is 242 g/mol. The molecule has 0 fully saturated rings. The number of benzene rings is 1. The van der Waals surface area contributed by atoms with Gasteiger partial charge in [-0.3, -0.25) is 4.79 Å². The van der Waals surface area contributed by atoms with Crippen LogP contribution >= 0.6 is 15.9 Å². The SMILES string of the molecule is COc1cc(C(=O)CBr)ccc1C. The number of hydrogen-bond donors (Lipinski definition) is 0. The first-order valence-corrected chi connectivity index (χ1v) is 5.05. The first-order valence-electron chi connectivity index (χ1n) is 3.93. The molecule has 0 aliphatic heterocycles. The van der Waals surface area contributed by atoms with E-state index in [9.17, 15) is 4.79 Å². The molecule has 2 nitrogen and oxygen atoms in total. The molecule has 13 heavy (non-hydrogen) atoms. The summed E-state index contributed by atoms with van der Waals surface area (Å²) in [4.78, 5) is 11.3. The van der Waals surface area contributed by atoms with Gasteiger partial charge in [0, 0.05) is 5.56 Å². The van der Waals surface area contributed by atoms with Gasteiger partial charge in [0.2, 0.25) is 0 Å². The number of aryl methyl sites for hydroxylation is 1. The third-order valence-electron chi connectivity index (χ3n) is 1.85. The fourth-order valence-electron chi connectivity index (χ4n) is 1.07. The smallest absolute Gasteiger partial charge is 0.173 e. The van der Waals surface area contributed by atoms with Gasteiger partial charge in [-0.2, -0.15) is 0 Å². The molecule has 0 amide bonds. The fraction of sp³-hybridized carbons (Fsp3) is 0.300. The van der Waals surface area contributed by atoms with Gasteiger partial charge in [-0.05, 0) is 18.6 Å². The van der Waals surface area contributed by atoms with Crippen molar-refractivity contribution in [3.63, 3.8) is 0 Å². The third-order valence-corrected chi connectivity index (χ3v) is 2.36. The van der Waals surface area contributed by atoms with E-state index < -0.39 is 0 Å². The van der Waals surface area contributed by atoms with Crippen LogP contribution < -0.4 is 4.74 Å². The van der Waals surface area contributed by atoms with E-state index in [4.69, 9.17) is 4.74 Å². The number of methoxy groups -OCH3 is 1. The van der Waals surface area contributed by atoms with E-state index in [1.54, 1.807) is 19.2 Å². The number of halogens is 1. The first-order chi connectivity index (χ1) is 6.19. The minimum Gasteiger partial charge on any atom is -0.496 e. The highest BCUT2D eigenvalue weighted by Gasteiger charge is 2.06. The third kappa shape index (κ3) is 2.31. The molecule has 0 spiro atoms. The van der Waals surface area contributed by atoms with E-state index >= 15 is 0 Å². The molecule has 0 aliphatic rings. The molecule has 0 heterocycles. The molecular formula is C10H11BrO2. The summed E-state index contributed by atoms with van der Waals surface area (Å²) >= 11 is 3.13. The summed E-state index contributed by atoms with van der Waals surface area (Å²) in [6, 6.07) is 5.45. The highest BCUT2D eigenvalue weighted by atomic mass is 79.9. The van der Waals surface area contributed by atoms with Crippen molar-refractivity contribution >= 4 is 21.7 Å². The van der Waals surface area contributed by atoms with Gasteiger partial charge in [0.1, 0.15) is 5.75 Å². The van der Waals surface area contributed by atoms with Gasteiger partial charge in [-0.15, -0.1) is 0 Å². The number of hydrogen-bond acceptors (Lipinski definition) is 2. The Morgan fingerprint density at radius 1 is 1.54 bits per heavy atom. The second kappa shape index (κ2) is 4.42. The number of carbonyl (C=O) groups excluding carboxylic acids is 1. The van der Waals surface area contributed by atoms with Crippen LogP contribution in [0.3, 0.4) is 0 Å². The maximum absolute atomic E-state index is 11.3. The quantitative estimate of drug-likeness (QED) is 0.602. The summed E-state index contributed by atoms with van der Waals surface area (Å²) in [7, 11) is 1.60. The van der Waals surface area contributed by atoms with Crippen LogP contribution in [0.4, 0.5) is 0 Å². The summed E-state index contributed by atoms with van der Waals surface area (Å²) in [5, 5.41) is 0.346. The van der Waals surface area contributed by atoms with Crippen molar-refractivity contribution in [2.45, 2.75) is 6.92 Å². The van der Waals surface area contributed by atoms with Gasteiger partial charge in [-0.25, -0.2) is 0 Å². The van der Waals surface area contributed by atoms with E-state index in [0.29, 0.717) is 10.9 Å². The van der Waals surface area contributed by atoms with Gasteiger partial charge < -0.3 is 4.74 Å². The van der Waals surface area contributed by atoms with Crippen LogP contribution in [0.15, 0.2) is 18.2 Å². The Labute approximate surface area is 86.0 Å². The van der Waals surface area contributed by atoms with Crippen LogP contribution in [0.1, 0.15) is 15.9 Å². The summed E-state index contributed by atoms with van der Waals surface area (Å²) in [6.45, 7) is 1.95. The van der Waals surface area contributed by atoms with Crippen LogP contribution in [0, 0.1) is 6.92 Å². The maximum Gasteiger partial charge on any atom is 0.173 e. The van der Waals surface area contributed by atoms with Crippen LogP contribution in [0.5, 0.6) is 5.75 Å². The fourth-order valence-corrected chi connectivity index (χ4v) is 1.39. The van der Waals surface area contributed by atoms with Crippen molar-refractivity contribution in [1.82, 2.24) is 0 Å². The Bertz CT molecular complexity index is 321. The van der Waals surface area contributed by atoms with E-state index in [1.807, 2.05) is 13.0 Å². The van der Waals surface area contributed by atoms with E-state index in [0.717, 1.165) is 11.3 Å². The Morgan fingerprint density at radius 3 is 2.77 bits per heavy atom. The van der Waals surface area contributed by atoms with Crippen molar-refractivity contribution in [1.29, 1.82) is 0 Å². The lowest BCUT2D eigenvalue weighted by atomic mass is 10.1. The number of rotatable bonds is 3. The van der Waals surface area contributed by atoms with Gasteiger partial charge in [0.25, 0.3) is 0 Å². The Hall–Kier alpha value is -0.830. The number of ketones is 1. The molecule has 0 bridgehead atoms. The lowest BCUT2D eigenvalue weighted by Gasteiger charge is -2.05. The zero-order chi connectivity index (χ0) is 9.84. The molecule has 1 aromatic rings. The van der Waals surface area contributed by atoms with Crippen molar-refractivity contribution in [2.75, 3.05) is 12.4 Å². The van der Waals surface area contributed by atoms with E-state index in [1.165, 1.54) is 0 Å². The molecule has 70 valence electrons. The summed E-state index contributed by atoms with van der Waals surface area (Å²) in [5.74, 6) is 0.824. The van der Waals surface area contributed by atoms with Gasteiger partial charge >= 0.3 is 0 Å². The standard InChI is InChI=1S/C10H11BrO2/c1-7-3-4-8(9(12)6-11)5-10(7)13-2/h3-5H,6H2,1-2H3. The molecule has 1 rings (SSSR count). The Kier molecular flexibility index (Phi) is 3.48. The van der Waals surface area contributed by atoms with Gasteiger partial charge in [0.15, 0.2) is 5.78 Å². The predicted molar refractivity (Wildman–Crippen MR) is 55.9 cm³/mol. The normalized spacial score (nSPS) is 9.77. The highest BCUT2D eigenvalue weighted by Crippen LogP contribution is 2.19. The predicted octanol–water partition coefficient (Wildman–Crippen LogP) is 2.58. The largest absolute Gasteiger partial charge is 0.496 e. The lowest BCUT2D eigenvalue weighted by Crippen LogP contribution is -2.00. The molecule has 0 atom stereocenters. The second-order valence-corrected chi connectivity index (χ2v) is 3.30. The number of carbonyl (C=O) groups is 1. The number of ether oxygens (including phenoxy) is 1. The molecule has 1 aromatic carbocycles. The Morgan fingerprint density at radius 2 is 2.23 bits per heavy atom. The van der Waals surface area contributed by atoms with Crippen molar-refractivity contribution in [3.05, 3.63) is 29.3 Å². The highest BCUT2D eigenvalue weighted by molar-refractivity contribution is 9.09. The first kappa shape index (κ1) is 10.3. The molecule has 0 aliphatic carbocycles. The molecule has 0 saturated carbocycles. The maximum atomic E-state index is 11.3. The molecule has 0 saturated heterocycles. The van der Waals surface area contributed by atoms with Crippen LogP contribution in [-0.2, 0) is 0 Å². The topological polar surface area (TPSA) is 26.3 Å². The number of alkyl halides is 1. The zero-order valence-corrected chi connectivity index (χ0v) is 9.22. The van der Waals surface area contributed by atoms with E-state index in [2.05, 4.69) is 15.9 Å².